The van der Waals surface area contributed by atoms with Crippen LogP contribution in [0.2, 0.25) is 10.0 Å². The molecule has 0 bridgehead atoms. The molecule has 0 aromatic heterocycles. The molecule has 0 radical (unpaired) electrons. The number of hydrogen-bond acceptors (Lipinski definition) is 7. The Hall–Kier alpha value is -3.76. The number of benzene rings is 2. The van der Waals surface area contributed by atoms with Crippen LogP contribution < -0.4 is 20.7 Å². The topological polar surface area (TPSA) is 132 Å². The Balaban J connectivity index is 1.96. The molecule has 0 aliphatic carbocycles. The maximum Gasteiger partial charge on any atom is 0.343 e. The summed E-state index contributed by atoms with van der Waals surface area (Å²) in [5.41, 5.74) is 1.20. The first-order chi connectivity index (χ1) is 16.7. The van der Waals surface area contributed by atoms with E-state index in [9.17, 15) is 19.2 Å². The summed E-state index contributed by atoms with van der Waals surface area (Å²) in [6.07, 6.45) is 0. The molecule has 12 heteroatoms. The highest BCUT2D eigenvalue weighted by molar-refractivity contribution is 6.37. The second-order valence-electron chi connectivity index (χ2n) is 7.24. The smallest absolute Gasteiger partial charge is 0.343 e. The molecule has 3 N–H and O–H groups in total. The van der Waals surface area contributed by atoms with Crippen molar-refractivity contribution in [3.05, 3.63) is 68.8 Å². The van der Waals surface area contributed by atoms with E-state index in [0.29, 0.717) is 5.56 Å². The van der Waals surface area contributed by atoms with Gasteiger partial charge in [-0.25, -0.2) is 14.4 Å². The number of carbonyl (C=O) groups is 4. The Morgan fingerprint density at radius 2 is 1.71 bits per heavy atom. The third-order valence-corrected chi connectivity index (χ3v) is 5.57. The van der Waals surface area contributed by atoms with Crippen molar-refractivity contribution in [1.29, 1.82) is 0 Å². The number of esters is 2. The van der Waals surface area contributed by atoms with Gasteiger partial charge in [-0.05, 0) is 36.8 Å². The molecule has 0 unspecified atom stereocenters. The van der Waals surface area contributed by atoms with Crippen LogP contribution in [0.3, 0.4) is 0 Å². The average Bonchev–Trinajstić information content (AvgIpc) is 2.82. The molecule has 1 atom stereocenters. The number of carbonyl (C=O) groups excluding carboxylic acids is 4. The van der Waals surface area contributed by atoms with Crippen molar-refractivity contribution in [2.75, 3.05) is 26.1 Å². The van der Waals surface area contributed by atoms with Crippen molar-refractivity contribution in [2.45, 2.75) is 13.0 Å². The van der Waals surface area contributed by atoms with E-state index in [1.54, 1.807) is 25.1 Å². The standard InChI is InChI=1S/C23H21Cl2N3O7/c1-11-18(21(30)27-16-7-5-4-6-13(16)22(31)34-3)19(28-23(32)26-11)12-8-14(24)20(15(25)9-12)35-10-17(29)33-2/h4-9,19H,10H2,1-3H3,(H,27,30)(H2,26,28,32)/t19-/m0/s1. The van der Waals surface area contributed by atoms with E-state index in [-0.39, 0.29) is 38.3 Å². The highest BCUT2D eigenvalue weighted by atomic mass is 35.5. The van der Waals surface area contributed by atoms with Gasteiger partial charge in [0.15, 0.2) is 12.4 Å². The van der Waals surface area contributed by atoms with Crippen molar-refractivity contribution in [1.82, 2.24) is 10.6 Å². The van der Waals surface area contributed by atoms with Gasteiger partial charge in [-0.2, -0.15) is 0 Å². The van der Waals surface area contributed by atoms with Gasteiger partial charge in [0.2, 0.25) is 0 Å². The molecule has 0 spiro atoms. The van der Waals surface area contributed by atoms with E-state index >= 15 is 0 Å². The normalized spacial score (nSPS) is 15.0. The molecule has 1 aliphatic rings. The minimum atomic E-state index is -0.946. The van der Waals surface area contributed by atoms with E-state index in [2.05, 4.69) is 20.7 Å². The monoisotopic (exact) mass is 521 g/mol. The molecular formula is C23H21Cl2N3O7. The summed E-state index contributed by atoms with van der Waals surface area (Å²) >= 11 is 12.6. The lowest BCUT2D eigenvalue weighted by molar-refractivity contribution is -0.142. The number of amides is 3. The predicted octanol–water partition coefficient (Wildman–Crippen LogP) is 3.60. The number of para-hydroxylation sites is 1. The lowest BCUT2D eigenvalue weighted by Gasteiger charge is -2.29. The first-order valence-corrected chi connectivity index (χ1v) is 10.9. The van der Waals surface area contributed by atoms with Crippen molar-refractivity contribution in [2.24, 2.45) is 0 Å². The highest BCUT2D eigenvalue weighted by Gasteiger charge is 2.32. The first kappa shape index (κ1) is 25.9. The van der Waals surface area contributed by atoms with Crippen LogP contribution in [0.15, 0.2) is 47.7 Å². The second kappa shape index (κ2) is 11.1. The number of urea groups is 1. The first-order valence-electron chi connectivity index (χ1n) is 10.1. The van der Waals surface area contributed by atoms with Crippen LogP contribution in [0, 0.1) is 0 Å². The van der Waals surface area contributed by atoms with Gasteiger partial charge in [-0.15, -0.1) is 0 Å². The van der Waals surface area contributed by atoms with Crippen LogP contribution >= 0.6 is 23.2 Å². The summed E-state index contributed by atoms with van der Waals surface area (Å²) in [5, 5.41) is 8.02. The third kappa shape index (κ3) is 5.84. The maximum atomic E-state index is 13.3. The summed E-state index contributed by atoms with van der Waals surface area (Å²) in [4.78, 5) is 49.0. The Morgan fingerprint density at radius 1 is 1.06 bits per heavy atom. The van der Waals surface area contributed by atoms with Gasteiger partial charge in [0, 0.05) is 5.70 Å². The van der Waals surface area contributed by atoms with Crippen LogP contribution in [0.4, 0.5) is 10.5 Å². The lowest BCUT2D eigenvalue weighted by Crippen LogP contribution is -2.46. The van der Waals surface area contributed by atoms with E-state index < -0.39 is 36.5 Å². The Labute approximate surface area is 210 Å². The van der Waals surface area contributed by atoms with Gasteiger partial charge in [0.25, 0.3) is 5.91 Å². The van der Waals surface area contributed by atoms with Gasteiger partial charge in [-0.3, -0.25) is 4.79 Å². The van der Waals surface area contributed by atoms with E-state index in [1.807, 2.05) is 0 Å². The molecule has 1 aliphatic heterocycles. The van der Waals surface area contributed by atoms with Crippen molar-refractivity contribution in [3.63, 3.8) is 0 Å². The van der Waals surface area contributed by atoms with Crippen LogP contribution in [-0.2, 0) is 19.1 Å². The van der Waals surface area contributed by atoms with Gasteiger partial charge in [-0.1, -0.05) is 35.3 Å². The largest absolute Gasteiger partial charge is 0.479 e. The number of anilines is 1. The highest BCUT2D eigenvalue weighted by Crippen LogP contribution is 2.38. The van der Waals surface area contributed by atoms with Crippen molar-refractivity contribution < 1.29 is 33.4 Å². The zero-order valence-corrected chi connectivity index (χ0v) is 20.4. The number of methoxy groups -OCH3 is 2. The van der Waals surface area contributed by atoms with Crippen molar-refractivity contribution >= 4 is 52.8 Å². The fourth-order valence-electron chi connectivity index (χ4n) is 3.39. The van der Waals surface area contributed by atoms with E-state index in [0.717, 1.165) is 0 Å². The predicted molar refractivity (Wildman–Crippen MR) is 127 cm³/mol. The summed E-state index contributed by atoms with van der Waals surface area (Å²) in [6, 6.07) is 7.76. The van der Waals surface area contributed by atoms with Gasteiger partial charge >= 0.3 is 18.0 Å². The van der Waals surface area contributed by atoms with Crippen LogP contribution in [0.1, 0.15) is 28.9 Å². The Bertz CT molecular complexity index is 1210. The zero-order chi connectivity index (χ0) is 25.7. The molecule has 0 saturated heterocycles. The molecule has 1 heterocycles. The fraction of sp³-hybridized carbons (Fsp3) is 0.217. The minimum absolute atomic E-state index is 0.0430. The minimum Gasteiger partial charge on any atom is -0.479 e. The van der Waals surface area contributed by atoms with Gasteiger partial charge in [0.05, 0.1) is 47.1 Å². The number of nitrogens with one attached hydrogen (secondary N) is 3. The van der Waals surface area contributed by atoms with Crippen LogP contribution in [0.25, 0.3) is 0 Å². The zero-order valence-electron chi connectivity index (χ0n) is 18.9. The summed E-state index contributed by atoms with van der Waals surface area (Å²) < 4.78 is 14.6. The summed E-state index contributed by atoms with van der Waals surface area (Å²) in [6.45, 7) is 1.15. The number of rotatable bonds is 7. The Morgan fingerprint density at radius 3 is 2.34 bits per heavy atom. The van der Waals surface area contributed by atoms with Crippen LogP contribution in [-0.4, -0.2) is 44.7 Å². The molecule has 10 nitrogen and oxygen atoms in total. The molecule has 2 aromatic carbocycles. The van der Waals surface area contributed by atoms with Crippen molar-refractivity contribution in [3.8, 4) is 5.75 Å². The molecule has 35 heavy (non-hydrogen) atoms. The SMILES string of the molecule is COC(=O)COc1c(Cl)cc([C@@H]2NC(=O)NC(C)=C2C(=O)Nc2ccccc2C(=O)OC)cc1Cl. The van der Waals surface area contributed by atoms with E-state index in [1.165, 1.54) is 32.4 Å². The number of hydrogen-bond donors (Lipinski definition) is 3. The van der Waals surface area contributed by atoms with Gasteiger partial charge < -0.3 is 30.2 Å². The quantitative estimate of drug-likeness (QED) is 0.474. The maximum absolute atomic E-state index is 13.3. The molecule has 184 valence electrons. The van der Waals surface area contributed by atoms with Gasteiger partial charge in [0.1, 0.15) is 0 Å². The third-order valence-electron chi connectivity index (χ3n) is 5.01. The lowest BCUT2D eigenvalue weighted by atomic mass is 9.94. The summed E-state index contributed by atoms with van der Waals surface area (Å²) in [7, 11) is 2.44. The number of allylic oxidation sites excluding steroid dienone is 1. The summed E-state index contributed by atoms with van der Waals surface area (Å²) in [5.74, 6) is -1.80. The number of ether oxygens (including phenoxy) is 3. The molecular weight excluding hydrogens is 501 g/mol. The molecule has 3 rings (SSSR count). The average molecular weight is 522 g/mol. The Kier molecular flexibility index (Phi) is 8.21. The second-order valence-corrected chi connectivity index (χ2v) is 8.05. The molecule has 0 saturated carbocycles. The molecule has 3 amide bonds. The number of halogens is 2. The fourth-order valence-corrected chi connectivity index (χ4v) is 4.00. The van der Waals surface area contributed by atoms with E-state index in [4.69, 9.17) is 32.7 Å². The molecule has 2 aromatic rings. The molecule has 0 fully saturated rings. The van der Waals surface area contributed by atoms with Crippen LogP contribution in [0.5, 0.6) is 5.75 Å².